The van der Waals surface area contributed by atoms with Crippen LogP contribution in [0.2, 0.25) is 0 Å². The Bertz CT molecular complexity index is 1340. The van der Waals surface area contributed by atoms with Crippen molar-refractivity contribution < 1.29 is 24.0 Å². The summed E-state index contributed by atoms with van der Waals surface area (Å²) >= 11 is 0. The first-order valence-electron chi connectivity index (χ1n) is 10.7. The standard InChI is InChI=1S/C26H24N4O6/c1-17(19-10-7-11-21(14-19)30(33)34)28-29-26(32)23(27-25(31)18-8-5-4-6-9-18)15-20-12-13-22(35-2)16-24(20)36-3/h4-16H,1-3H3,(H,27,31)(H,29,32)/b23-15-,28-17?. The second-order valence-electron chi connectivity index (χ2n) is 7.43. The maximum absolute atomic E-state index is 13.1. The van der Waals surface area contributed by atoms with E-state index in [4.69, 9.17) is 9.47 Å². The van der Waals surface area contributed by atoms with E-state index in [2.05, 4.69) is 15.8 Å². The summed E-state index contributed by atoms with van der Waals surface area (Å²) in [6, 6.07) is 19.3. The number of hydrogen-bond donors (Lipinski definition) is 2. The molecule has 0 aliphatic heterocycles. The van der Waals surface area contributed by atoms with E-state index in [9.17, 15) is 19.7 Å². The fraction of sp³-hybridized carbons (Fsp3) is 0.115. The number of nitrogens with zero attached hydrogens (tertiary/aromatic N) is 2. The number of non-ortho nitro benzene ring substituents is 1. The molecule has 36 heavy (non-hydrogen) atoms. The zero-order chi connectivity index (χ0) is 26.1. The van der Waals surface area contributed by atoms with Crippen LogP contribution >= 0.6 is 0 Å². The van der Waals surface area contributed by atoms with Crippen LogP contribution in [0.25, 0.3) is 6.08 Å². The maximum atomic E-state index is 13.1. The fourth-order valence-corrected chi connectivity index (χ4v) is 3.14. The van der Waals surface area contributed by atoms with E-state index in [0.29, 0.717) is 33.9 Å². The third kappa shape index (κ3) is 6.54. The summed E-state index contributed by atoms with van der Waals surface area (Å²) in [6.07, 6.45) is 1.45. The molecule has 0 fully saturated rings. The van der Waals surface area contributed by atoms with Gasteiger partial charge in [-0.15, -0.1) is 0 Å². The van der Waals surface area contributed by atoms with Gasteiger partial charge < -0.3 is 14.8 Å². The van der Waals surface area contributed by atoms with E-state index in [1.807, 2.05) is 0 Å². The predicted molar refractivity (Wildman–Crippen MR) is 135 cm³/mol. The van der Waals surface area contributed by atoms with Gasteiger partial charge in [-0.2, -0.15) is 5.10 Å². The first kappa shape index (κ1) is 25.6. The van der Waals surface area contributed by atoms with Gasteiger partial charge in [0.15, 0.2) is 0 Å². The number of nitro groups is 1. The Morgan fingerprint density at radius 2 is 1.67 bits per heavy atom. The van der Waals surface area contributed by atoms with Gasteiger partial charge in [0.1, 0.15) is 17.2 Å². The third-order valence-corrected chi connectivity index (χ3v) is 5.07. The van der Waals surface area contributed by atoms with Crippen LogP contribution < -0.4 is 20.2 Å². The van der Waals surface area contributed by atoms with Crippen molar-refractivity contribution in [3.63, 3.8) is 0 Å². The number of nitro benzene ring substituents is 1. The normalized spacial score (nSPS) is 11.4. The lowest BCUT2D eigenvalue weighted by Gasteiger charge is -2.12. The van der Waals surface area contributed by atoms with Crippen LogP contribution in [0.1, 0.15) is 28.4 Å². The molecule has 0 unspecified atom stereocenters. The Kier molecular flexibility index (Phi) is 8.49. The number of methoxy groups -OCH3 is 2. The number of carbonyl (C=O) groups is 2. The van der Waals surface area contributed by atoms with E-state index in [-0.39, 0.29) is 11.4 Å². The van der Waals surface area contributed by atoms with Gasteiger partial charge in [-0.1, -0.05) is 30.3 Å². The van der Waals surface area contributed by atoms with Gasteiger partial charge in [0, 0.05) is 34.9 Å². The summed E-state index contributed by atoms with van der Waals surface area (Å²) < 4.78 is 10.6. The second kappa shape index (κ2) is 11.9. The highest BCUT2D eigenvalue weighted by atomic mass is 16.6. The Labute approximate surface area is 207 Å². The number of carbonyl (C=O) groups excluding carboxylic acids is 2. The smallest absolute Gasteiger partial charge is 0.287 e. The van der Waals surface area contributed by atoms with Crippen LogP contribution in [-0.4, -0.2) is 36.7 Å². The molecule has 2 amide bonds. The molecule has 3 rings (SSSR count). The van der Waals surface area contributed by atoms with Crippen molar-refractivity contribution >= 4 is 29.3 Å². The summed E-state index contributed by atoms with van der Waals surface area (Å²) in [5.74, 6) is -0.226. The lowest BCUT2D eigenvalue weighted by atomic mass is 10.1. The minimum Gasteiger partial charge on any atom is -0.497 e. The molecule has 10 heteroatoms. The van der Waals surface area contributed by atoms with E-state index in [1.54, 1.807) is 61.5 Å². The van der Waals surface area contributed by atoms with Crippen LogP contribution in [0.4, 0.5) is 5.69 Å². The van der Waals surface area contributed by atoms with Gasteiger partial charge in [-0.05, 0) is 37.3 Å². The number of benzene rings is 3. The molecule has 0 aromatic heterocycles. The van der Waals surface area contributed by atoms with E-state index in [0.717, 1.165) is 0 Å². The molecule has 0 aliphatic rings. The molecule has 0 radical (unpaired) electrons. The number of nitrogens with one attached hydrogen (secondary N) is 2. The van der Waals surface area contributed by atoms with Gasteiger partial charge in [0.25, 0.3) is 17.5 Å². The minimum atomic E-state index is -0.707. The molecule has 0 bridgehead atoms. The Morgan fingerprint density at radius 1 is 0.944 bits per heavy atom. The van der Waals surface area contributed by atoms with Crippen LogP contribution in [-0.2, 0) is 4.79 Å². The van der Waals surface area contributed by atoms with Gasteiger partial charge in [-0.3, -0.25) is 19.7 Å². The van der Waals surface area contributed by atoms with Gasteiger partial charge in [-0.25, -0.2) is 5.43 Å². The molecule has 0 spiro atoms. The summed E-state index contributed by atoms with van der Waals surface area (Å²) in [5.41, 5.74) is 3.86. The molecule has 0 heterocycles. The van der Waals surface area contributed by atoms with E-state index < -0.39 is 16.7 Å². The van der Waals surface area contributed by atoms with E-state index >= 15 is 0 Å². The fourth-order valence-electron chi connectivity index (χ4n) is 3.14. The molecule has 0 saturated heterocycles. The van der Waals surface area contributed by atoms with Gasteiger partial charge in [0.05, 0.1) is 24.9 Å². The quantitative estimate of drug-likeness (QED) is 0.203. The first-order valence-corrected chi connectivity index (χ1v) is 10.7. The highest BCUT2D eigenvalue weighted by Crippen LogP contribution is 2.26. The average Bonchev–Trinajstić information content (AvgIpc) is 2.91. The van der Waals surface area contributed by atoms with Gasteiger partial charge >= 0.3 is 0 Å². The molecular formula is C26H24N4O6. The highest BCUT2D eigenvalue weighted by Gasteiger charge is 2.16. The maximum Gasteiger partial charge on any atom is 0.287 e. The number of hydrazone groups is 1. The van der Waals surface area contributed by atoms with Crippen molar-refractivity contribution in [1.29, 1.82) is 0 Å². The Balaban J connectivity index is 1.92. The van der Waals surface area contributed by atoms with Crippen LogP contribution in [0, 0.1) is 10.1 Å². The van der Waals surface area contributed by atoms with Crippen LogP contribution in [0.15, 0.2) is 83.6 Å². The monoisotopic (exact) mass is 488 g/mol. The zero-order valence-electron chi connectivity index (χ0n) is 19.8. The molecule has 0 saturated carbocycles. The number of rotatable bonds is 9. The predicted octanol–water partition coefficient (Wildman–Crippen LogP) is 3.92. The molecular weight excluding hydrogens is 464 g/mol. The first-order chi connectivity index (χ1) is 17.3. The molecule has 184 valence electrons. The van der Waals surface area contributed by atoms with Crippen molar-refractivity contribution in [3.05, 3.63) is 105 Å². The summed E-state index contributed by atoms with van der Waals surface area (Å²) in [5, 5.41) is 17.7. The number of hydrogen-bond acceptors (Lipinski definition) is 7. The third-order valence-electron chi connectivity index (χ3n) is 5.07. The largest absolute Gasteiger partial charge is 0.497 e. The van der Waals surface area contributed by atoms with Crippen LogP contribution in [0.3, 0.4) is 0 Å². The number of ether oxygens (including phenoxy) is 2. The minimum absolute atomic E-state index is 0.0945. The van der Waals surface area contributed by atoms with Crippen LogP contribution in [0.5, 0.6) is 11.5 Å². The molecule has 2 N–H and O–H groups in total. The second-order valence-corrected chi connectivity index (χ2v) is 7.43. The average molecular weight is 489 g/mol. The lowest BCUT2D eigenvalue weighted by Crippen LogP contribution is -2.33. The summed E-state index contributed by atoms with van der Waals surface area (Å²) in [6.45, 7) is 1.60. The van der Waals surface area contributed by atoms with E-state index in [1.165, 1.54) is 38.5 Å². The highest BCUT2D eigenvalue weighted by molar-refractivity contribution is 6.06. The Hall–Kier alpha value is -4.99. The SMILES string of the molecule is COc1ccc(/C=C(\NC(=O)c2ccccc2)C(=O)NN=C(C)c2cccc([N+](=O)[O-])c2)c(OC)c1. The van der Waals surface area contributed by atoms with Crippen molar-refractivity contribution in [1.82, 2.24) is 10.7 Å². The van der Waals surface area contributed by atoms with Crippen molar-refractivity contribution in [2.24, 2.45) is 5.10 Å². The molecule has 3 aromatic carbocycles. The molecule has 0 atom stereocenters. The molecule has 0 aliphatic carbocycles. The summed E-state index contributed by atoms with van der Waals surface area (Å²) in [7, 11) is 2.99. The lowest BCUT2D eigenvalue weighted by molar-refractivity contribution is -0.384. The van der Waals surface area contributed by atoms with Crippen molar-refractivity contribution in [3.8, 4) is 11.5 Å². The molecule has 10 nitrogen and oxygen atoms in total. The zero-order valence-corrected chi connectivity index (χ0v) is 19.8. The van der Waals surface area contributed by atoms with Crippen molar-refractivity contribution in [2.45, 2.75) is 6.92 Å². The topological polar surface area (TPSA) is 132 Å². The summed E-state index contributed by atoms with van der Waals surface area (Å²) in [4.78, 5) is 36.4. The van der Waals surface area contributed by atoms with Gasteiger partial charge in [0.2, 0.25) is 0 Å². The Morgan fingerprint density at radius 3 is 2.33 bits per heavy atom. The number of amides is 2. The van der Waals surface area contributed by atoms with Crippen molar-refractivity contribution in [2.75, 3.05) is 14.2 Å². The molecule has 3 aromatic rings.